The van der Waals surface area contributed by atoms with Gasteiger partial charge in [0.15, 0.2) is 5.69 Å². The summed E-state index contributed by atoms with van der Waals surface area (Å²) in [5.41, 5.74) is 2.56. The molecule has 0 fully saturated rings. The van der Waals surface area contributed by atoms with Gasteiger partial charge in [-0.2, -0.15) is 0 Å². The number of amides is 1. The van der Waals surface area contributed by atoms with Crippen molar-refractivity contribution in [3.63, 3.8) is 0 Å². The molecule has 0 unspecified atom stereocenters. The van der Waals surface area contributed by atoms with Gasteiger partial charge < -0.3 is 19.8 Å². The van der Waals surface area contributed by atoms with Gasteiger partial charge in [-0.05, 0) is 24.6 Å². The van der Waals surface area contributed by atoms with Crippen molar-refractivity contribution in [1.82, 2.24) is 5.16 Å². The average molecular weight is 289 g/mol. The van der Waals surface area contributed by atoms with Gasteiger partial charge in [0.1, 0.15) is 0 Å². The maximum atomic E-state index is 12.0. The molecule has 0 atom stereocenters. The summed E-state index contributed by atoms with van der Waals surface area (Å²) in [6.45, 7) is 1.97. The first-order valence-corrected chi connectivity index (χ1v) is 6.18. The summed E-state index contributed by atoms with van der Waals surface area (Å²) in [6.07, 6.45) is 0. The molecule has 21 heavy (non-hydrogen) atoms. The van der Waals surface area contributed by atoms with E-state index in [1.165, 1.54) is 0 Å². The number of nitrogens with zero attached hydrogens (tertiary/aromatic N) is 2. The lowest BCUT2D eigenvalue weighted by Gasteiger charge is -2.16. The smallest absolute Gasteiger partial charge is 0.374 e. The number of aromatic nitrogens is 1. The van der Waals surface area contributed by atoms with Gasteiger partial charge in [-0.3, -0.25) is 4.79 Å². The van der Waals surface area contributed by atoms with Crippen molar-refractivity contribution in [2.75, 3.05) is 24.3 Å². The number of aryl methyl sites for hydroxylation is 1. The first kappa shape index (κ1) is 14.6. The van der Waals surface area contributed by atoms with Gasteiger partial charge in [-0.25, -0.2) is 4.79 Å². The lowest BCUT2D eigenvalue weighted by Crippen LogP contribution is -2.14. The van der Waals surface area contributed by atoms with E-state index in [-0.39, 0.29) is 11.5 Å². The molecule has 0 aliphatic carbocycles. The minimum atomic E-state index is -1.27. The van der Waals surface area contributed by atoms with E-state index < -0.39 is 11.9 Å². The zero-order valence-electron chi connectivity index (χ0n) is 11.9. The molecule has 1 heterocycles. The molecule has 7 heteroatoms. The highest BCUT2D eigenvalue weighted by molar-refractivity contribution is 6.04. The van der Waals surface area contributed by atoms with Crippen molar-refractivity contribution < 1.29 is 19.2 Å². The maximum Gasteiger partial charge on any atom is 0.374 e. The van der Waals surface area contributed by atoms with Gasteiger partial charge >= 0.3 is 5.97 Å². The second-order valence-corrected chi connectivity index (χ2v) is 4.73. The Kier molecular flexibility index (Phi) is 3.93. The number of hydrogen-bond donors (Lipinski definition) is 2. The van der Waals surface area contributed by atoms with Crippen LogP contribution < -0.4 is 10.2 Å². The van der Waals surface area contributed by atoms with Crippen molar-refractivity contribution >= 4 is 23.3 Å². The Morgan fingerprint density at radius 1 is 1.29 bits per heavy atom. The normalized spacial score (nSPS) is 10.2. The van der Waals surface area contributed by atoms with E-state index >= 15 is 0 Å². The fraction of sp³-hybridized carbons (Fsp3) is 0.214. The zero-order chi connectivity index (χ0) is 15.6. The predicted octanol–water partition coefficient (Wildman–Crippen LogP) is 2.00. The lowest BCUT2D eigenvalue weighted by molar-refractivity contribution is 0.0651. The quantitative estimate of drug-likeness (QED) is 0.893. The second-order valence-electron chi connectivity index (χ2n) is 4.73. The monoisotopic (exact) mass is 289 g/mol. The van der Waals surface area contributed by atoms with E-state index in [1.807, 2.05) is 38.1 Å². The van der Waals surface area contributed by atoms with Gasteiger partial charge in [0.25, 0.3) is 5.91 Å². The third kappa shape index (κ3) is 3.19. The minimum absolute atomic E-state index is 0.0839. The Balaban J connectivity index is 2.19. The highest BCUT2D eigenvalue weighted by Gasteiger charge is 2.17. The van der Waals surface area contributed by atoms with E-state index in [0.717, 1.165) is 17.3 Å². The third-order valence-electron chi connectivity index (χ3n) is 2.90. The summed E-state index contributed by atoms with van der Waals surface area (Å²) in [7, 11) is 3.81. The van der Waals surface area contributed by atoms with Crippen molar-refractivity contribution in [2.45, 2.75) is 6.92 Å². The zero-order valence-corrected chi connectivity index (χ0v) is 11.9. The molecular weight excluding hydrogens is 274 g/mol. The Labute approximate surface area is 121 Å². The van der Waals surface area contributed by atoms with E-state index in [1.54, 1.807) is 6.07 Å². The largest absolute Gasteiger partial charge is 0.475 e. The number of rotatable bonds is 4. The van der Waals surface area contributed by atoms with Gasteiger partial charge in [-0.15, -0.1) is 0 Å². The molecule has 1 amide bonds. The average Bonchev–Trinajstić information content (AvgIpc) is 2.90. The van der Waals surface area contributed by atoms with Gasteiger partial charge in [0.2, 0.25) is 5.76 Å². The van der Waals surface area contributed by atoms with Crippen LogP contribution in [0.25, 0.3) is 0 Å². The molecule has 0 aliphatic heterocycles. The molecule has 2 aromatic rings. The summed E-state index contributed by atoms with van der Waals surface area (Å²) in [4.78, 5) is 24.6. The molecular formula is C14H15N3O4. The molecule has 2 N–H and O–H groups in total. The summed E-state index contributed by atoms with van der Waals surface area (Å²) in [6, 6.07) is 6.55. The van der Waals surface area contributed by atoms with E-state index in [4.69, 9.17) is 5.11 Å². The summed E-state index contributed by atoms with van der Waals surface area (Å²) >= 11 is 0. The summed E-state index contributed by atoms with van der Waals surface area (Å²) < 4.78 is 4.55. The number of anilines is 2. The van der Waals surface area contributed by atoms with E-state index in [9.17, 15) is 9.59 Å². The Hall–Kier alpha value is -2.83. The van der Waals surface area contributed by atoms with Gasteiger partial charge in [0, 0.05) is 31.5 Å². The van der Waals surface area contributed by atoms with Crippen LogP contribution in [-0.4, -0.2) is 36.2 Å². The molecule has 0 aliphatic rings. The van der Waals surface area contributed by atoms with Crippen LogP contribution in [0, 0.1) is 6.92 Å². The molecule has 2 rings (SSSR count). The number of hydrogen-bond acceptors (Lipinski definition) is 5. The molecule has 110 valence electrons. The van der Waals surface area contributed by atoms with E-state index in [2.05, 4.69) is 15.0 Å². The van der Waals surface area contributed by atoms with Gasteiger partial charge in [0.05, 0.1) is 0 Å². The number of carboxylic acids is 1. The number of carbonyl (C=O) groups excluding carboxylic acids is 1. The number of benzene rings is 1. The van der Waals surface area contributed by atoms with Crippen LogP contribution in [0.1, 0.15) is 26.6 Å². The maximum absolute atomic E-state index is 12.0. The fourth-order valence-corrected chi connectivity index (χ4v) is 1.85. The number of carboxylic acid groups (broad SMARTS) is 1. The van der Waals surface area contributed by atoms with E-state index in [0.29, 0.717) is 5.69 Å². The van der Waals surface area contributed by atoms with Crippen molar-refractivity contribution in [2.24, 2.45) is 0 Å². The lowest BCUT2D eigenvalue weighted by atomic mass is 10.1. The molecule has 0 saturated carbocycles. The number of aromatic carboxylic acids is 1. The Morgan fingerprint density at radius 3 is 2.57 bits per heavy atom. The van der Waals surface area contributed by atoms with Crippen LogP contribution in [0.4, 0.5) is 11.4 Å². The molecule has 7 nitrogen and oxygen atoms in total. The minimum Gasteiger partial charge on any atom is -0.475 e. The summed E-state index contributed by atoms with van der Waals surface area (Å²) in [5.74, 6) is -2.18. The fourth-order valence-electron chi connectivity index (χ4n) is 1.85. The molecule has 0 bridgehead atoms. The molecule has 0 radical (unpaired) electrons. The first-order valence-electron chi connectivity index (χ1n) is 6.18. The topological polar surface area (TPSA) is 95.7 Å². The van der Waals surface area contributed by atoms with Crippen LogP contribution in [-0.2, 0) is 0 Å². The Bertz CT molecular complexity index is 691. The number of nitrogens with one attached hydrogen (secondary N) is 1. The highest BCUT2D eigenvalue weighted by atomic mass is 16.5. The Morgan fingerprint density at radius 2 is 2.00 bits per heavy atom. The molecule has 0 spiro atoms. The molecule has 1 aromatic heterocycles. The van der Waals surface area contributed by atoms with Crippen LogP contribution in [0.2, 0.25) is 0 Å². The van der Waals surface area contributed by atoms with Crippen LogP contribution >= 0.6 is 0 Å². The van der Waals surface area contributed by atoms with Crippen LogP contribution in [0.5, 0.6) is 0 Å². The van der Waals surface area contributed by atoms with Crippen molar-refractivity contribution in [3.05, 3.63) is 41.3 Å². The van der Waals surface area contributed by atoms with Crippen molar-refractivity contribution in [1.29, 1.82) is 0 Å². The molecule has 1 aromatic carbocycles. The molecule has 0 saturated heterocycles. The second kappa shape index (κ2) is 5.66. The third-order valence-corrected chi connectivity index (χ3v) is 2.90. The summed E-state index contributed by atoms with van der Waals surface area (Å²) in [5, 5.41) is 14.8. The highest BCUT2D eigenvalue weighted by Crippen LogP contribution is 2.22. The van der Waals surface area contributed by atoms with Crippen LogP contribution in [0.15, 0.2) is 28.8 Å². The first-order chi connectivity index (χ1) is 9.88. The number of carbonyl (C=O) groups is 2. The van der Waals surface area contributed by atoms with Crippen LogP contribution in [0.3, 0.4) is 0 Å². The SMILES string of the molecule is Cc1ccc(NC(=O)c2cc(C(=O)O)on2)cc1N(C)C. The van der Waals surface area contributed by atoms with Gasteiger partial charge in [-0.1, -0.05) is 11.2 Å². The standard InChI is InChI=1S/C14H15N3O4/c1-8-4-5-9(6-11(8)17(2)3)15-13(18)10-7-12(14(19)20)21-16-10/h4-7H,1-3H3,(H,15,18)(H,19,20). The predicted molar refractivity (Wildman–Crippen MR) is 76.9 cm³/mol. The van der Waals surface area contributed by atoms with Crippen molar-refractivity contribution in [3.8, 4) is 0 Å².